The van der Waals surface area contributed by atoms with E-state index >= 15 is 0 Å². The van der Waals surface area contributed by atoms with Crippen molar-refractivity contribution in [2.24, 2.45) is 4.99 Å². The van der Waals surface area contributed by atoms with Gasteiger partial charge in [-0.25, -0.2) is 14.4 Å². The lowest BCUT2D eigenvalue weighted by Crippen LogP contribution is -2.38. The number of benzene rings is 1. The fraction of sp³-hybridized carbons (Fsp3) is 0.412. The van der Waals surface area contributed by atoms with Crippen LogP contribution in [0.4, 0.5) is 4.39 Å². The average molecular weight is 462 g/mol. The first-order valence-electron chi connectivity index (χ1n) is 7.79. The zero-order valence-electron chi connectivity index (χ0n) is 14.3. The Morgan fingerprint density at radius 1 is 1.38 bits per heavy atom. The van der Waals surface area contributed by atoms with Crippen LogP contribution in [0, 0.1) is 5.82 Å². The van der Waals surface area contributed by atoms with Crippen molar-refractivity contribution < 1.29 is 4.39 Å². The SMILES string of the molecule is CCNC(=NCc1csc(CC)n1)N(C)Cc1cccc(F)c1.I. The van der Waals surface area contributed by atoms with Gasteiger partial charge in [0.25, 0.3) is 0 Å². The Morgan fingerprint density at radius 3 is 2.79 bits per heavy atom. The van der Waals surface area contributed by atoms with Gasteiger partial charge >= 0.3 is 0 Å². The van der Waals surface area contributed by atoms with E-state index in [1.54, 1.807) is 23.5 Å². The van der Waals surface area contributed by atoms with Gasteiger partial charge in [-0.3, -0.25) is 0 Å². The zero-order valence-corrected chi connectivity index (χ0v) is 17.4. The summed E-state index contributed by atoms with van der Waals surface area (Å²) < 4.78 is 13.3. The number of nitrogens with zero attached hydrogens (tertiary/aromatic N) is 3. The van der Waals surface area contributed by atoms with Crippen LogP contribution in [-0.2, 0) is 19.5 Å². The van der Waals surface area contributed by atoms with Crippen molar-refractivity contribution in [3.05, 3.63) is 51.7 Å². The molecule has 0 aliphatic carbocycles. The smallest absolute Gasteiger partial charge is 0.194 e. The predicted molar refractivity (Wildman–Crippen MR) is 110 cm³/mol. The van der Waals surface area contributed by atoms with Crippen molar-refractivity contribution in [1.82, 2.24) is 15.2 Å². The number of aryl methyl sites for hydroxylation is 1. The number of guanidine groups is 1. The van der Waals surface area contributed by atoms with E-state index in [1.165, 1.54) is 6.07 Å². The fourth-order valence-electron chi connectivity index (χ4n) is 2.19. The molecule has 0 spiro atoms. The Labute approximate surface area is 164 Å². The van der Waals surface area contributed by atoms with Crippen molar-refractivity contribution in [2.75, 3.05) is 13.6 Å². The minimum Gasteiger partial charge on any atom is -0.357 e. The Balaban J connectivity index is 0.00000288. The van der Waals surface area contributed by atoms with Crippen LogP contribution in [0.5, 0.6) is 0 Å². The summed E-state index contributed by atoms with van der Waals surface area (Å²) in [4.78, 5) is 11.2. The first kappa shape index (κ1) is 20.8. The third-order valence-electron chi connectivity index (χ3n) is 3.30. The topological polar surface area (TPSA) is 40.5 Å². The summed E-state index contributed by atoms with van der Waals surface area (Å²) in [6.07, 6.45) is 0.952. The molecule has 2 rings (SSSR count). The second kappa shape index (κ2) is 10.6. The fourth-order valence-corrected chi connectivity index (χ4v) is 2.93. The quantitative estimate of drug-likeness (QED) is 0.400. The number of hydrogen-bond donors (Lipinski definition) is 1. The van der Waals surface area contributed by atoms with Crippen LogP contribution < -0.4 is 5.32 Å². The van der Waals surface area contributed by atoms with Crippen molar-refractivity contribution >= 4 is 41.3 Å². The highest BCUT2D eigenvalue weighted by molar-refractivity contribution is 14.0. The largest absolute Gasteiger partial charge is 0.357 e. The molecule has 0 fully saturated rings. The monoisotopic (exact) mass is 462 g/mol. The minimum atomic E-state index is -0.215. The molecule has 1 N–H and O–H groups in total. The Hall–Kier alpha value is -1.22. The van der Waals surface area contributed by atoms with Crippen molar-refractivity contribution in [3.63, 3.8) is 0 Å². The normalized spacial score (nSPS) is 11.1. The Bertz CT molecular complexity index is 660. The molecule has 24 heavy (non-hydrogen) atoms. The summed E-state index contributed by atoms with van der Waals surface area (Å²) in [5, 5.41) is 6.45. The lowest BCUT2D eigenvalue weighted by molar-refractivity contribution is 0.474. The number of nitrogens with one attached hydrogen (secondary N) is 1. The third-order valence-corrected chi connectivity index (χ3v) is 4.34. The Kier molecular flexibility index (Phi) is 9.20. The summed E-state index contributed by atoms with van der Waals surface area (Å²) in [5.41, 5.74) is 1.90. The maximum absolute atomic E-state index is 13.3. The number of thiazole rings is 1. The molecular weight excluding hydrogens is 438 g/mol. The molecule has 0 radical (unpaired) electrons. The van der Waals surface area contributed by atoms with Gasteiger partial charge in [0.1, 0.15) is 5.82 Å². The van der Waals surface area contributed by atoms with Gasteiger partial charge in [0.15, 0.2) is 5.96 Å². The molecule has 0 atom stereocenters. The third kappa shape index (κ3) is 6.35. The summed E-state index contributed by atoms with van der Waals surface area (Å²) in [5.74, 6) is 0.579. The van der Waals surface area contributed by atoms with E-state index in [-0.39, 0.29) is 29.8 Å². The molecule has 132 valence electrons. The molecule has 1 aromatic heterocycles. The second-order valence-corrected chi connectivity index (χ2v) is 6.18. The molecule has 0 aliphatic rings. The van der Waals surface area contributed by atoms with Crippen LogP contribution in [0.25, 0.3) is 0 Å². The van der Waals surface area contributed by atoms with Gasteiger partial charge < -0.3 is 10.2 Å². The van der Waals surface area contributed by atoms with Crippen molar-refractivity contribution in [1.29, 1.82) is 0 Å². The van der Waals surface area contributed by atoms with Gasteiger partial charge in [0.05, 0.1) is 17.2 Å². The summed E-state index contributed by atoms with van der Waals surface area (Å²) in [7, 11) is 1.95. The highest BCUT2D eigenvalue weighted by Gasteiger charge is 2.08. The standard InChI is InChI=1S/C17H23FN4S.HI/c1-4-16-21-15(12-23-16)10-20-17(19-5-2)22(3)11-13-7-6-8-14(18)9-13;/h6-9,12H,4-5,10-11H2,1-3H3,(H,19,20);1H. The van der Waals surface area contributed by atoms with Gasteiger partial charge in [0.2, 0.25) is 0 Å². The maximum Gasteiger partial charge on any atom is 0.194 e. The Morgan fingerprint density at radius 2 is 2.17 bits per heavy atom. The van der Waals surface area contributed by atoms with Gasteiger partial charge in [-0.2, -0.15) is 0 Å². The van der Waals surface area contributed by atoms with Crippen LogP contribution in [0.2, 0.25) is 0 Å². The highest BCUT2D eigenvalue weighted by Crippen LogP contribution is 2.11. The summed E-state index contributed by atoms with van der Waals surface area (Å²) >= 11 is 1.67. The highest BCUT2D eigenvalue weighted by atomic mass is 127. The minimum absolute atomic E-state index is 0. The number of hydrogen-bond acceptors (Lipinski definition) is 3. The molecule has 0 unspecified atom stereocenters. The molecule has 1 heterocycles. The molecule has 2 aromatic rings. The van der Waals surface area contributed by atoms with Crippen LogP contribution in [-0.4, -0.2) is 29.4 Å². The molecule has 0 saturated carbocycles. The second-order valence-electron chi connectivity index (χ2n) is 5.24. The van der Waals surface area contributed by atoms with Crippen LogP contribution in [0.15, 0.2) is 34.6 Å². The summed E-state index contributed by atoms with van der Waals surface area (Å²) in [6.45, 7) is 6.06. The molecule has 7 heteroatoms. The summed E-state index contributed by atoms with van der Waals surface area (Å²) in [6, 6.07) is 6.64. The molecule has 0 aliphatic heterocycles. The molecule has 4 nitrogen and oxygen atoms in total. The number of halogens is 2. The van der Waals surface area contributed by atoms with Gasteiger partial charge in [-0.1, -0.05) is 19.1 Å². The van der Waals surface area contributed by atoms with E-state index in [0.717, 1.165) is 35.2 Å². The van der Waals surface area contributed by atoms with E-state index in [4.69, 9.17) is 0 Å². The molecule has 0 amide bonds. The lowest BCUT2D eigenvalue weighted by Gasteiger charge is -2.22. The predicted octanol–water partition coefficient (Wildman–Crippen LogP) is 4.06. The van der Waals surface area contributed by atoms with Crippen LogP contribution in [0.1, 0.15) is 30.1 Å². The zero-order chi connectivity index (χ0) is 16.7. The van der Waals surface area contributed by atoms with Crippen molar-refractivity contribution in [3.8, 4) is 0 Å². The number of aromatic nitrogens is 1. The van der Waals surface area contributed by atoms with E-state index < -0.39 is 0 Å². The average Bonchev–Trinajstić information content (AvgIpc) is 2.99. The number of rotatable bonds is 6. The van der Waals surface area contributed by atoms with Gasteiger partial charge in [0, 0.05) is 25.5 Å². The molecule has 0 saturated heterocycles. The maximum atomic E-state index is 13.3. The van der Waals surface area contributed by atoms with Crippen LogP contribution in [0.3, 0.4) is 0 Å². The van der Waals surface area contributed by atoms with Crippen LogP contribution >= 0.6 is 35.3 Å². The van der Waals surface area contributed by atoms with Gasteiger partial charge in [-0.05, 0) is 31.0 Å². The first-order chi connectivity index (χ1) is 11.1. The molecule has 0 bridgehead atoms. The van der Waals surface area contributed by atoms with Gasteiger partial charge in [-0.15, -0.1) is 35.3 Å². The van der Waals surface area contributed by atoms with E-state index in [0.29, 0.717) is 13.1 Å². The van der Waals surface area contributed by atoms with E-state index in [2.05, 4.69) is 27.6 Å². The molecule has 1 aromatic carbocycles. The van der Waals surface area contributed by atoms with Crippen molar-refractivity contribution in [2.45, 2.75) is 33.4 Å². The van der Waals surface area contributed by atoms with E-state index in [9.17, 15) is 4.39 Å². The first-order valence-corrected chi connectivity index (χ1v) is 8.67. The number of aliphatic imine (C=N–C) groups is 1. The lowest BCUT2D eigenvalue weighted by atomic mass is 10.2. The molecular formula is C17H24FIN4S. The van der Waals surface area contributed by atoms with E-state index in [1.807, 2.05) is 24.9 Å².